The van der Waals surface area contributed by atoms with Gasteiger partial charge < -0.3 is 5.32 Å². The van der Waals surface area contributed by atoms with Crippen LogP contribution in [0.5, 0.6) is 0 Å². The van der Waals surface area contributed by atoms with E-state index in [0.717, 1.165) is 19.6 Å². The summed E-state index contributed by atoms with van der Waals surface area (Å²) in [6, 6.07) is 19.5. The van der Waals surface area contributed by atoms with Crippen LogP contribution in [-0.4, -0.2) is 23.9 Å². The Bertz CT molecular complexity index is 793. The highest BCUT2D eigenvalue weighted by Crippen LogP contribution is 2.49. The summed E-state index contributed by atoms with van der Waals surface area (Å²) >= 11 is 0. The zero-order valence-electron chi connectivity index (χ0n) is 15.9. The molecule has 1 saturated heterocycles. The van der Waals surface area contributed by atoms with Crippen molar-refractivity contribution in [3.63, 3.8) is 0 Å². The minimum absolute atomic E-state index is 0.128. The van der Waals surface area contributed by atoms with E-state index in [4.69, 9.17) is 0 Å². The van der Waals surface area contributed by atoms with Crippen LogP contribution in [-0.2, 0) is 11.3 Å². The molecule has 2 aromatic rings. The van der Waals surface area contributed by atoms with Crippen LogP contribution in [0.3, 0.4) is 0 Å². The Balaban J connectivity index is 1.57. The summed E-state index contributed by atoms with van der Waals surface area (Å²) in [7, 11) is 0. The van der Waals surface area contributed by atoms with E-state index in [9.17, 15) is 4.79 Å². The van der Waals surface area contributed by atoms with Crippen molar-refractivity contribution in [1.82, 2.24) is 10.2 Å². The lowest BCUT2D eigenvalue weighted by atomic mass is 9.91. The first-order valence-corrected chi connectivity index (χ1v) is 9.59. The third kappa shape index (κ3) is 3.16. The number of carbonyl (C=O) groups excluding carboxylic acids is 1. The first-order valence-electron chi connectivity index (χ1n) is 9.59. The van der Waals surface area contributed by atoms with Crippen molar-refractivity contribution in [3.05, 3.63) is 71.3 Å². The van der Waals surface area contributed by atoms with E-state index in [-0.39, 0.29) is 17.4 Å². The van der Waals surface area contributed by atoms with Gasteiger partial charge in [-0.2, -0.15) is 0 Å². The molecule has 26 heavy (non-hydrogen) atoms. The van der Waals surface area contributed by atoms with Gasteiger partial charge in [-0.3, -0.25) is 9.69 Å². The smallest absolute Gasteiger partial charge is 0.225 e. The molecular formula is C23H28N2O. The first kappa shape index (κ1) is 17.3. The van der Waals surface area contributed by atoms with Gasteiger partial charge in [0.25, 0.3) is 0 Å². The summed E-state index contributed by atoms with van der Waals surface area (Å²) in [4.78, 5) is 15.2. The fourth-order valence-electron chi connectivity index (χ4n) is 4.46. The van der Waals surface area contributed by atoms with Crippen LogP contribution in [0.4, 0.5) is 0 Å². The van der Waals surface area contributed by atoms with Gasteiger partial charge >= 0.3 is 0 Å². The number of rotatable bonds is 3. The van der Waals surface area contributed by atoms with E-state index in [1.54, 1.807) is 0 Å². The lowest BCUT2D eigenvalue weighted by molar-refractivity contribution is -0.129. The van der Waals surface area contributed by atoms with Crippen LogP contribution in [0.1, 0.15) is 49.4 Å². The van der Waals surface area contributed by atoms with Gasteiger partial charge in [0.05, 0.1) is 6.04 Å². The van der Waals surface area contributed by atoms with Crippen molar-refractivity contribution in [3.8, 4) is 0 Å². The molecular weight excluding hydrogens is 320 g/mol. The van der Waals surface area contributed by atoms with Gasteiger partial charge in [0.1, 0.15) is 0 Å². The third-order valence-corrected chi connectivity index (χ3v) is 5.82. The molecule has 1 aliphatic carbocycles. The summed E-state index contributed by atoms with van der Waals surface area (Å²) in [6.07, 6.45) is 0. The molecule has 2 aromatic carbocycles. The molecule has 0 aromatic heterocycles. The number of nitrogens with zero attached hydrogens (tertiary/aromatic N) is 1. The SMILES string of the molecule is CC(C)(C)C(=O)N[C@@H]1c2ccccc2[C@@H]2CN(Cc3ccccc3)C[C@H]12. The maximum absolute atomic E-state index is 12.7. The number of hydrogen-bond acceptors (Lipinski definition) is 2. The zero-order chi connectivity index (χ0) is 18.3. The second-order valence-corrected chi connectivity index (χ2v) is 8.78. The quantitative estimate of drug-likeness (QED) is 0.905. The number of likely N-dealkylation sites (tertiary alicyclic amines) is 1. The van der Waals surface area contributed by atoms with E-state index in [0.29, 0.717) is 11.8 Å². The molecule has 0 radical (unpaired) electrons. The molecule has 1 aliphatic heterocycles. The summed E-state index contributed by atoms with van der Waals surface area (Å²) in [5.74, 6) is 1.11. The normalized spacial score (nSPS) is 25.0. The van der Waals surface area contributed by atoms with Crippen LogP contribution < -0.4 is 5.32 Å². The third-order valence-electron chi connectivity index (χ3n) is 5.82. The molecule has 2 aliphatic rings. The van der Waals surface area contributed by atoms with Crippen molar-refractivity contribution in [1.29, 1.82) is 0 Å². The Morgan fingerprint density at radius 3 is 2.35 bits per heavy atom. The molecule has 0 unspecified atom stereocenters. The highest BCUT2D eigenvalue weighted by molar-refractivity contribution is 5.82. The number of amides is 1. The maximum Gasteiger partial charge on any atom is 0.225 e. The summed E-state index contributed by atoms with van der Waals surface area (Å²) in [5, 5.41) is 3.37. The second-order valence-electron chi connectivity index (χ2n) is 8.78. The van der Waals surface area contributed by atoms with E-state index in [1.807, 2.05) is 20.8 Å². The summed E-state index contributed by atoms with van der Waals surface area (Å²) in [5.41, 5.74) is 3.73. The van der Waals surface area contributed by atoms with Gasteiger partial charge in [-0.1, -0.05) is 75.4 Å². The standard InChI is InChI=1S/C23H28N2O/c1-23(2,3)22(26)24-21-18-12-8-7-11-17(18)19-14-25(15-20(19)21)13-16-9-5-4-6-10-16/h4-12,19-21H,13-15H2,1-3H3,(H,24,26)/t19-,20-,21+/m0/s1. The Kier molecular flexibility index (Phi) is 4.36. The van der Waals surface area contributed by atoms with Crippen LogP contribution in [0.25, 0.3) is 0 Å². The lowest BCUT2D eigenvalue weighted by Crippen LogP contribution is -2.40. The monoisotopic (exact) mass is 348 g/mol. The van der Waals surface area contributed by atoms with Crippen molar-refractivity contribution in [2.75, 3.05) is 13.1 Å². The van der Waals surface area contributed by atoms with Gasteiger partial charge in [-0.15, -0.1) is 0 Å². The van der Waals surface area contributed by atoms with Gasteiger partial charge in [0.2, 0.25) is 5.91 Å². The fraction of sp³-hybridized carbons (Fsp3) is 0.435. The molecule has 1 fully saturated rings. The second kappa shape index (κ2) is 6.55. The van der Waals surface area contributed by atoms with Crippen LogP contribution >= 0.6 is 0 Å². The van der Waals surface area contributed by atoms with Crippen molar-refractivity contribution >= 4 is 5.91 Å². The van der Waals surface area contributed by atoms with Crippen molar-refractivity contribution < 1.29 is 4.79 Å². The number of nitrogens with one attached hydrogen (secondary N) is 1. The van der Waals surface area contributed by atoms with Gasteiger partial charge in [-0.25, -0.2) is 0 Å². The lowest BCUT2D eigenvalue weighted by Gasteiger charge is -2.26. The Morgan fingerprint density at radius 2 is 1.65 bits per heavy atom. The van der Waals surface area contributed by atoms with Gasteiger partial charge in [0, 0.05) is 36.9 Å². The molecule has 0 saturated carbocycles. The van der Waals surface area contributed by atoms with E-state index >= 15 is 0 Å². The van der Waals surface area contributed by atoms with E-state index < -0.39 is 0 Å². The largest absolute Gasteiger partial charge is 0.348 e. The predicted molar refractivity (Wildman–Crippen MR) is 105 cm³/mol. The average Bonchev–Trinajstić information content (AvgIpc) is 3.13. The number of carbonyl (C=O) groups is 1. The number of hydrogen-bond donors (Lipinski definition) is 1. The summed E-state index contributed by atoms with van der Waals surface area (Å²) < 4.78 is 0. The van der Waals surface area contributed by atoms with Crippen LogP contribution in [0, 0.1) is 11.3 Å². The molecule has 3 nitrogen and oxygen atoms in total. The average molecular weight is 348 g/mol. The van der Waals surface area contributed by atoms with E-state index in [1.165, 1.54) is 16.7 Å². The number of benzene rings is 2. The summed E-state index contributed by atoms with van der Waals surface area (Å²) in [6.45, 7) is 9.03. The number of fused-ring (bicyclic) bond motifs is 3. The fourth-order valence-corrected chi connectivity index (χ4v) is 4.46. The molecule has 1 amide bonds. The molecule has 4 rings (SSSR count). The molecule has 136 valence electrons. The Labute approximate surface area is 156 Å². The van der Waals surface area contributed by atoms with Crippen LogP contribution in [0.15, 0.2) is 54.6 Å². The zero-order valence-corrected chi connectivity index (χ0v) is 15.9. The molecule has 3 heteroatoms. The topological polar surface area (TPSA) is 32.3 Å². The first-order chi connectivity index (χ1) is 12.4. The van der Waals surface area contributed by atoms with E-state index in [2.05, 4.69) is 64.8 Å². The molecule has 0 bridgehead atoms. The molecule has 0 spiro atoms. The molecule has 3 atom stereocenters. The van der Waals surface area contributed by atoms with Crippen LogP contribution in [0.2, 0.25) is 0 Å². The van der Waals surface area contributed by atoms with Crippen molar-refractivity contribution in [2.45, 2.75) is 39.3 Å². The molecule has 1 heterocycles. The Morgan fingerprint density at radius 1 is 1.00 bits per heavy atom. The minimum atomic E-state index is -0.366. The van der Waals surface area contributed by atoms with Crippen molar-refractivity contribution in [2.24, 2.45) is 11.3 Å². The highest BCUT2D eigenvalue weighted by Gasteiger charge is 2.47. The van der Waals surface area contributed by atoms with Gasteiger partial charge in [0.15, 0.2) is 0 Å². The minimum Gasteiger partial charge on any atom is -0.348 e. The predicted octanol–water partition coefficient (Wildman–Crippen LogP) is 4.12. The van der Waals surface area contributed by atoms with Gasteiger partial charge in [-0.05, 0) is 16.7 Å². The Hall–Kier alpha value is -2.13. The highest BCUT2D eigenvalue weighted by atomic mass is 16.2. The maximum atomic E-state index is 12.7. The molecule has 1 N–H and O–H groups in total.